The molecular weight excluding hydrogens is 356 g/mol. The Bertz CT molecular complexity index is 572. The maximum atomic E-state index is 13.2. The van der Waals surface area contributed by atoms with Crippen LogP contribution in [0.2, 0.25) is 0 Å². The van der Waals surface area contributed by atoms with Crippen LogP contribution >= 0.6 is 0 Å². The molecule has 2 amide bonds. The molecule has 1 aliphatic rings. The molecular formula is C17H22F4N2O3. The summed E-state index contributed by atoms with van der Waals surface area (Å²) in [7, 11) is 0. The van der Waals surface area contributed by atoms with Crippen molar-refractivity contribution in [1.82, 2.24) is 10.6 Å². The normalized spacial score (nSPS) is 16.9. The van der Waals surface area contributed by atoms with E-state index in [1.165, 1.54) is 12.1 Å². The molecule has 0 bridgehead atoms. The van der Waals surface area contributed by atoms with Gasteiger partial charge in [-0.15, -0.1) is 0 Å². The van der Waals surface area contributed by atoms with E-state index in [-0.39, 0.29) is 24.4 Å². The molecule has 0 saturated carbocycles. The van der Waals surface area contributed by atoms with Gasteiger partial charge in [-0.2, -0.15) is 13.2 Å². The van der Waals surface area contributed by atoms with E-state index in [2.05, 4.69) is 15.4 Å². The maximum absolute atomic E-state index is 13.2. The van der Waals surface area contributed by atoms with Gasteiger partial charge in [0.05, 0.1) is 6.61 Å². The van der Waals surface area contributed by atoms with E-state index < -0.39 is 18.8 Å². The summed E-state index contributed by atoms with van der Waals surface area (Å²) in [4.78, 5) is 11.9. The van der Waals surface area contributed by atoms with Crippen LogP contribution in [-0.4, -0.2) is 51.7 Å². The van der Waals surface area contributed by atoms with Crippen molar-refractivity contribution >= 4 is 6.03 Å². The van der Waals surface area contributed by atoms with Gasteiger partial charge in [-0.05, 0) is 30.5 Å². The van der Waals surface area contributed by atoms with Crippen molar-refractivity contribution in [2.24, 2.45) is 0 Å². The summed E-state index contributed by atoms with van der Waals surface area (Å²) in [5.41, 5.74) is 0.548. The fourth-order valence-electron chi connectivity index (χ4n) is 2.87. The van der Waals surface area contributed by atoms with Gasteiger partial charge in [0.1, 0.15) is 12.4 Å². The summed E-state index contributed by atoms with van der Waals surface area (Å²) in [6, 6.07) is 5.67. The SMILES string of the molecule is O=C(NCCOCC(F)(F)F)NCC1(c2ccc(F)cc2)CCOCC1. The number of alkyl halides is 3. The number of ether oxygens (including phenoxy) is 2. The third-order valence-corrected chi connectivity index (χ3v) is 4.29. The highest BCUT2D eigenvalue weighted by molar-refractivity contribution is 5.73. The molecule has 5 nitrogen and oxygen atoms in total. The Morgan fingerprint density at radius 1 is 1.15 bits per heavy atom. The first-order chi connectivity index (χ1) is 12.3. The van der Waals surface area contributed by atoms with Crippen LogP contribution in [0.4, 0.5) is 22.4 Å². The Hall–Kier alpha value is -1.87. The lowest BCUT2D eigenvalue weighted by atomic mass is 9.74. The minimum absolute atomic E-state index is 0.0332. The number of hydrogen-bond acceptors (Lipinski definition) is 3. The Morgan fingerprint density at radius 2 is 1.81 bits per heavy atom. The first-order valence-electron chi connectivity index (χ1n) is 8.31. The van der Waals surface area contributed by atoms with Crippen molar-refractivity contribution in [2.75, 3.05) is 39.5 Å². The molecule has 0 radical (unpaired) electrons. The molecule has 1 aliphatic heterocycles. The van der Waals surface area contributed by atoms with Gasteiger partial charge < -0.3 is 20.1 Å². The third-order valence-electron chi connectivity index (χ3n) is 4.29. The molecule has 0 spiro atoms. The molecule has 1 aromatic carbocycles. The summed E-state index contributed by atoms with van der Waals surface area (Å²) < 4.78 is 58.8. The van der Waals surface area contributed by atoms with Crippen LogP contribution in [0.15, 0.2) is 24.3 Å². The number of carbonyl (C=O) groups excluding carboxylic acids is 1. The zero-order valence-corrected chi connectivity index (χ0v) is 14.2. The number of urea groups is 1. The largest absolute Gasteiger partial charge is 0.411 e. The second-order valence-corrected chi connectivity index (χ2v) is 6.18. The molecule has 2 rings (SSSR count). The molecule has 146 valence electrons. The number of carbonyl (C=O) groups is 1. The second-order valence-electron chi connectivity index (χ2n) is 6.18. The van der Waals surface area contributed by atoms with Gasteiger partial charge in [0, 0.05) is 31.7 Å². The monoisotopic (exact) mass is 378 g/mol. The minimum atomic E-state index is -4.38. The lowest BCUT2D eigenvalue weighted by molar-refractivity contribution is -0.173. The summed E-state index contributed by atoms with van der Waals surface area (Å²) >= 11 is 0. The van der Waals surface area contributed by atoms with E-state index >= 15 is 0 Å². The molecule has 1 aromatic rings. The maximum Gasteiger partial charge on any atom is 0.411 e. The quantitative estimate of drug-likeness (QED) is 0.567. The molecule has 1 fully saturated rings. The fraction of sp³-hybridized carbons (Fsp3) is 0.588. The predicted molar refractivity (Wildman–Crippen MR) is 86.4 cm³/mol. The Labute approximate surface area is 149 Å². The second kappa shape index (κ2) is 9.18. The molecule has 0 aromatic heterocycles. The summed E-state index contributed by atoms with van der Waals surface area (Å²) in [5.74, 6) is -0.333. The number of rotatable bonds is 7. The molecule has 0 atom stereocenters. The molecule has 0 unspecified atom stereocenters. The van der Waals surface area contributed by atoms with Gasteiger partial charge >= 0.3 is 12.2 Å². The predicted octanol–water partition coefficient (Wildman–Crippen LogP) is 2.75. The smallest absolute Gasteiger partial charge is 0.381 e. The van der Waals surface area contributed by atoms with Crippen LogP contribution in [0.3, 0.4) is 0 Å². The van der Waals surface area contributed by atoms with Crippen LogP contribution in [0.25, 0.3) is 0 Å². The number of amides is 2. The van der Waals surface area contributed by atoms with Gasteiger partial charge in [0.15, 0.2) is 0 Å². The fourth-order valence-corrected chi connectivity index (χ4v) is 2.87. The van der Waals surface area contributed by atoms with Crippen molar-refractivity contribution in [1.29, 1.82) is 0 Å². The first-order valence-corrected chi connectivity index (χ1v) is 8.31. The lowest BCUT2D eigenvalue weighted by Crippen LogP contribution is -2.47. The molecule has 2 N–H and O–H groups in total. The van der Waals surface area contributed by atoms with Gasteiger partial charge in [-0.3, -0.25) is 0 Å². The van der Waals surface area contributed by atoms with Crippen LogP contribution in [-0.2, 0) is 14.9 Å². The van der Waals surface area contributed by atoms with E-state index in [1.807, 2.05) is 0 Å². The summed E-state index contributed by atoms with van der Waals surface area (Å²) in [6.07, 6.45) is -3.03. The standard InChI is InChI=1S/C17H22F4N2O3/c18-14-3-1-13(2-4-14)16(5-8-25-9-6-16)11-23-15(24)22-7-10-26-12-17(19,20)21/h1-4H,5-12H2,(H2,22,23,24). The van der Waals surface area contributed by atoms with Gasteiger partial charge in [-0.25, -0.2) is 9.18 Å². The van der Waals surface area contributed by atoms with Crippen molar-refractivity contribution in [3.05, 3.63) is 35.6 Å². The van der Waals surface area contributed by atoms with E-state index in [9.17, 15) is 22.4 Å². The third kappa shape index (κ3) is 6.45. The molecule has 9 heteroatoms. The van der Waals surface area contributed by atoms with Crippen molar-refractivity contribution in [3.63, 3.8) is 0 Å². The Balaban J connectivity index is 1.82. The highest BCUT2D eigenvalue weighted by Gasteiger charge is 2.35. The number of nitrogens with one attached hydrogen (secondary N) is 2. The van der Waals surface area contributed by atoms with Crippen LogP contribution in [0.1, 0.15) is 18.4 Å². The van der Waals surface area contributed by atoms with E-state index in [1.54, 1.807) is 12.1 Å². The number of hydrogen-bond donors (Lipinski definition) is 2. The average Bonchev–Trinajstić information content (AvgIpc) is 2.60. The average molecular weight is 378 g/mol. The molecule has 1 saturated heterocycles. The van der Waals surface area contributed by atoms with E-state index in [4.69, 9.17) is 4.74 Å². The zero-order chi connectivity index (χ0) is 19.0. The van der Waals surface area contributed by atoms with E-state index in [0.29, 0.717) is 32.6 Å². The minimum Gasteiger partial charge on any atom is -0.381 e. The van der Waals surface area contributed by atoms with Gasteiger partial charge in [-0.1, -0.05) is 12.1 Å². The van der Waals surface area contributed by atoms with Crippen LogP contribution in [0, 0.1) is 5.82 Å². The first kappa shape index (κ1) is 20.4. The van der Waals surface area contributed by atoms with Crippen molar-refractivity contribution in [2.45, 2.75) is 24.4 Å². The number of benzene rings is 1. The summed E-state index contributed by atoms with van der Waals surface area (Å²) in [5, 5.41) is 5.19. The summed E-state index contributed by atoms with van der Waals surface area (Å²) in [6.45, 7) is -0.225. The van der Waals surface area contributed by atoms with E-state index in [0.717, 1.165) is 5.56 Å². The van der Waals surface area contributed by atoms with Crippen LogP contribution < -0.4 is 10.6 Å². The lowest BCUT2D eigenvalue weighted by Gasteiger charge is -2.38. The topological polar surface area (TPSA) is 59.6 Å². The highest BCUT2D eigenvalue weighted by atomic mass is 19.4. The van der Waals surface area contributed by atoms with Crippen molar-refractivity contribution < 1.29 is 31.8 Å². The highest BCUT2D eigenvalue weighted by Crippen LogP contribution is 2.34. The van der Waals surface area contributed by atoms with Gasteiger partial charge in [0.2, 0.25) is 0 Å². The molecule has 1 heterocycles. The molecule has 0 aliphatic carbocycles. The number of halogens is 4. The van der Waals surface area contributed by atoms with Crippen LogP contribution in [0.5, 0.6) is 0 Å². The Morgan fingerprint density at radius 3 is 2.42 bits per heavy atom. The zero-order valence-electron chi connectivity index (χ0n) is 14.2. The molecule has 26 heavy (non-hydrogen) atoms. The van der Waals surface area contributed by atoms with Gasteiger partial charge in [0.25, 0.3) is 0 Å². The van der Waals surface area contributed by atoms with Crippen molar-refractivity contribution in [3.8, 4) is 0 Å². The Kier molecular flexibility index (Phi) is 7.22.